The van der Waals surface area contributed by atoms with Crippen molar-refractivity contribution < 1.29 is 14.3 Å². The van der Waals surface area contributed by atoms with E-state index in [0.717, 1.165) is 10.9 Å². The molecule has 2 aromatic heterocycles. The number of rotatable bonds is 5. The highest BCUT2D eigenvalue weighted by Gasteiger charge is 2.21. The van der Waals surface area contributed by atoms with Crippen LogP contribution in [-0.2, 0) is 9.53 Å². The van der Waals surface area contributed by atoms with Gasteiger partial charge in [-0.3, -0.25) is 4.79 Å². The number of amides is 1. The van der Waals surface area contributed by atoms with Crippen LogP contribution >= 0.6 is 0 Å². The fourth-order valence-corrected chi connectivity index (χ4v) is 2.48. The molecule has 0 saturated heterocycles. The number of pyridine rings is 1. The molecular formula is C19H18N4O3. The van der Waals surface area contributed by atoms with Crippen LogP contribution in [0.2, 0.25) is 0 Å². The second kappa shape index (κ2) is 7.60. The smallest absolute Gasteiger partial charge is 0.343 e. The van der Waals surface area contributed by atoms with Crippen LogP contribution in [-0.4, -0.2) is 33.2 Å². The first-order valence-corrected chi connectivity index (χ1v) is 8.19. The molecule has 2 heterocycles. The van der Waals surface area contributed by atoms with E-state index in [0.29, 0.717) is 5.82 Å². The number of ether oxygens (including phenoxy) is 1. The SMILES string of the molecule is C/C=C/C(=O)Nc1c(C(=O)OCC)cnn1-c1ccc2ccccc2n1. The number of para-hydroxylation sites is 1. The van der Waals surface area contributed by atoms with Crippen molar-refractivity contribution in [1.29, 1.82) is 0 Å². The summed E-state index contributed by atoms with van der Waals surface area (Å²) in [7, 11) is 0. The summed E-state index contributed by atoms with van der Waals surface area (Å²) in [5.41, 5.74) is 0.948. The van der Waals surface area contributed by atoms with Gasteiger partial charge in [-0.05, 0) is 38.1 Å². The molecule has 0 saturated carbocycles. The summed E-state index contributed by atoms with van der Waals surface area (Å²) in [6.07, 6.45) is 4.33. The molecule has 0 aliphatic carbocycles. The largest absolute Gasteiger partial charge is 0.462 e. The normalized spacial score (nSPS) is 11.0. The Bertz CT molecular complexity index is 991. The zero-order chi connectivity index (χ0) is 18.5. The van der Waals surface area contributed by atoms with Gasteiger partial charge in [0.05, 0.1) is 18.3 Å². The number of nitrogens with one attached hydrogen (secondary N) is 1. The molecule has 3 aromatic rings. The number of esters is 1. The van der Waals surface area contributed by atoms with E-state index in [1.54, 1.807) is 26.0 Å². The molecule has 3 rings (SSSR count). The van der Waals surface area contributed by atoms with Gasteiger partial charge in [0.1, 0.15) is 5.56 Å². The first kappa shape index (κ1) is 17.3. The minimum atomic E-state index is -0.560. The van der Waals surface area contributed by atoms with Crippen LogP contribution in [0.4, 0.5) is 5.82 Å². The first-order chi connectivity index (χ1) is 12.6. The summed E-state index contributed by atoms with van der Waals surface area (Å²) in [6.45, 7) is 3.67. The van der Waals surface area contributed by atoms with Crippen LogP contribution in [0.1, 0.15) is 24.2 Å². The third-order valence-corrected chi connectivity index (χ3v) is 3.62. The van der Waals surface area contributed by atoms with Crippen molar-refractivity contribution in [2.24, 2.45) is 0 Å². The lowest BCUT2D eigenvalue weighted by Gasteiger charge is -2.10. The van der Waals surface area contributed by atoms with E-state index in [2.05, 4.69) is 15.4 Å². The van der Waals surface area contributed by atoms with E-state index in [1.807, 2.05) is 30.3 Å². The van der Waals surface area contributed by atoms with E-state index in [-0.39, 0.29) is 23.9 Å². The zero-order valence-electron chi connectivity index (χ0n) is 14.5. The highest BCUT2D eigenvalue weighted by Crippen LogP contribution is 2.22. The van der Waals surface area contributed by atoms with E-state index in [9.17, 15) is 9.59 Å². The number of carbonyl (C=O) groups is 2. The molecule has 1 aromatic carbocycles. The second-order valence-electron chi connectivity index (χ2n) is 5.39. The van der Waals surface area contributed by atoms with Gasteiger partial charge < -0.3 is 10.1 Å². The number of benzene rings is 1. The molecule has 7 nitrogen and oxygen atoms in total. The fraction of sp³-hybridized carbons (Fsp3) is 0.158. The van der Waals surface area contributed by atoms with Crippen LogP contribution in [0.15, 0.2) is 54.7 Å². The molecule has 0 atom stereocenters. The lowest BCUT2D eigenvalue weighted by atomic mass is 10.2. The number of anilines is 1. The van der Waals surface area contributed by atoms with Gasteiger partial charge in [-0.15, -0.1) is 0 Å². The molecule has 0 fully saturated rings. The maximum Gasteiger partial charge on any atom is 0.343 e. The molecule has 0 spiro atoms. The third-order valence-electron chi connectivity index (χ3n) is 3.62. The Labute approximate surface area is 150 Å². The molecule has 7 heteroatoms. The number of nitrogens with zero attached hydrogens (tertiary/aromatic N) is 3. The topological polar surface area (TPSA) is 86.1 Å². The molecule has 0 unspecified atom stereocenters. The van der Waals surface area contributed by atoms with Crippen molar-refractivity contribution in [3.05, 3.63) is 60.3 Å². The van der Waals surface area contributed by atoms with Crippen molar-refractivity contribution in [3.8, 4) is 5.82 Å². The van der Waals surface area contributed by atoms with Gasteiger partial charge in [0, 0.05) is 5.39 Å². The van der Waals surface area contributed by atoms with Crippen LogP contribution in [0.5, 0.6) is 0 Å². The minimum Gasteiger partial charge on any atom is -0.462 e. The molecule has 0 radical (unpaired) electrons. The van der Waals surface area contributed by atoms with Crippen molar-refractivity contribution in [3.63, 3.8) is 0 Å². The molecule has 1 N–H and O–H groups in total. The maximum absolute atomic E-state index is 12.2. The van der Waals surface area contributed by atoms with Gasteiger partial charge >= 0.3 is 5.97 Å². The molecule has 132 valence electrons. The van der Waals surface area contributed by atoms with Crippen LogP contribution < -0.4 is 5.32 Å². The standard InChI is InChI=1S/C19H18N4O3/c1-3-7-17(24)22-18-14(19(25)26-4-2)12-20-23(18)16-11-10-13-8-5-6-9-15(13)21-16/h3,5-12H,4H2,1-2H3,(H,22,24)/b7-3+. The van der Waals surface area contributed by atoms with E-state index >= 15 is 0 Å². The number of aromatic nitrogens is 3. The van der Waals surface area contributed by atoms with Gasteiger partial charge in [-0.1, -0.05) is 24.3 Å². The van der Waals surface area contributed by atoms with Gasteiger partial charge in [0.25, 0.3) is 0 Å². The summed E-state index contributed by atoms with van der Waals surface area (Å²) in [5.74, 6) is -0.236. The molecule has 0 aliphatic heterocycles. The summed E-state index contributed by atoms with van der Waals surface area (Å²) < 4.78 is 6.46. The predicted octanol–water partition coefficient (Wildman–Crippen LogP) is 3.11. The number of fused-ring (bicyclic) bond motifs is 1. The average Bonchev–Trinajstić information content (AvgIpc) is 3.05. The highest BCUT2D eigenvalue weighted by atomic mass is 16.5. The van der Waals surface area contributed by atoms with E-state index in [4.69, 9.17) is 4.74 Å². The summed E-state index contributed by atoms with van der Waals surface area (Å²) in [4.78, 5) is 28.8. The van der Waals surface area contributed by atoms with Crippen LogP contribution in [0.3, 0.4) is 0 Å². The Morgan fingerprint density at radius 2 is 2.04 bits per heavy atom. The van der Waals surface area contributed by atoms with E-state index in [1.165, 1.54) is 17.0 Å². The first-order valence-electron chi connectivity index (χ1n) is 8.19. The molecule has 1 amide bonds. The monoisotopic (exact) mass is 350 g/mol. The third kappa shape index (κ3) is 3.46. The summed E-state index contributed by atoms with van der Waals surface area (Å²) in [6, 6.07) is 11.3. The van der Waals surface area contributed by atoms with Crippen molar-refractivity contribution >= 4 is 28.6 Å². The van der Waals surface area contributed by atoms with Crippen molar-refractivity contribution in [1.82, 2.24) is 14.8 Å². The lowest BCUT2D eigenvalue weighted by Crippen LogP contribution is -2.16. The number of allylic oxidation sites excluding steroid dienone is 1. The highest BCUT2D eigenvalue weighted by molar-refractivity contribution is 6.04. The Balaban J connectivity index is 2.09. The van der Waals surface area contributed by atoms with E-state index < -0.39 is 5.97 Å². The Kier molecular flexibility index (Phi) is 5.07. The zero-order valence-corrected chi connectivity index (χ0v) is 14.5. The van der Waals surface area contributed by atoms with Crippen LogP contribution in [0, 0.1) is 0 Å². The maximum atomic E-state index is 12.2. The molecular weight excluding hydrogens is 332 g/mol. The fourth-order valence-electron chi connectivity index (χ4n) is 2.48. The lowest BCUT2D eigenvalue weighted by molar-refractivity contribution is -0.111. The Morgan fingerprint density at radius 3 is 2.81 bits per heavy atom. The number of carbonyl (C=O) groups excluding carboxylic acids is 2. The second-order valence-corrected chi connectivity index (χ2v) is 5.39. The Hall–Kier alpha value is -3.48. The van der Waals surface area contributed by atoms with Crippen molar-refractivity contribution in [2.45, 2.75) is 13.8 Å². The summed E-state index contributed by atoms with van der Waals surface area (Å²) in [5, 5.41) is 7.88. The van der Waals surface area contributed by atoms with Gasteiger partial charge in [-0.25, -0.2) is 9.78 Å². The minimum absolute atomic E-state index is 0.166. The number of hydrogen-bond donors (Lipinski definition) is 1. The molecule has 26 heavy (non-hydrogen) atoms. The predicted molar refractivity (Wildman–Crippen MR) is 98.3 cm³/mol. The average molecular weight is 350 g/mol. The molecule has 0 aliphatic rings. The van der Waals surface area contributed by atoms with Gasteiger partial charge in [-0.2, -0.15) is 9.78 Å². The summed E-state index contributed by atoms with van der Waals surface area (Å²) >= 11 is 0. The number of hydrogen-bond acceptors (Lipinski definition) is 5. The quantitative estimate of drug-likeness (QED) is 0.564. The van der Waals surface area contributed by atoms with Gasteiger partial charge in [0.2, 0.25) is 5.91 Å². The molecule has 0 bridgehead atoms. The Morgan fingerprint density at radius 1 is 1.23 bits per heavy atom. The van der Waals surface area contributed by atoms with Crippen LogP contribution in [0.25, 0.3) is 16.7 Å². The van der Waals surface area contributed by atoms with Crippen molar-refractivity contribution in [2.75, 3.05) is 11.9 Å². The van der Waals surface area contributed by atoms with Gasteiger partial charge in [0.15, 0.2) is 11.6 Å².